The van der Waals surface area contributed by atoms with E-state index in [-0.39, 0.29) is 81.7 Å². The van der Waals surface area contributed by atoms with Gasteiger partial charge in [0, 0.05) is 39.5 Å². The van der Waals surface area contributed by atoms with Crippen molar-refractivity contribution in [1.82, 2.24) is 0 Å². The number of hydrogen-bond donors (Lipinski definition) is 0. The van der Waals surface area contributed by atoms with E-state index in [0.29, 0.717) is 12.3 Å². The molecule has 0 aromatic heterocycles. The van der Waals surface area contributed by atoms with Gasteiger partial charge < -0.3 is 42.6 Å². The third kappa shape index (κ3) is 5.23. The van der Waals surface area contributed by atoms with Gasteiger partial charge >= 0.3 is 29.8 Å². The summed E-state index contributed by atoms with van der Waals surface area (Å²) < 4.78 is 55.2. The van der Waals surface area contributed by atoms with E-state index in [9.17, 15) is 24.0 Å². The van der Waals surface area contributed by atoms with Gasteiger partial charge in [-0.2, -0.15) is 0 Å². The third-order valence-corrected chi connectivity index (χ3v) is 17.5. The first kappa shape index (κ1) is 39.6. The van der Waals surface area contributed by atoms with Gasteiger partial charge in [-0.25, -0.2) is 4.79 Å². The normalized spacial score (nSPS) is 53.3. The molecule has 57 heavy (non-hydrogen) atoms. The molecule has 18 atom stereocenters. The molecule has 5 aliphatic carbocycles. The lowest BCUT2D eigenvalue weighted by atomic mass is 9.41. The Bertz CT molecular complexity index is 1780. The molecular formula is C43H60O14. The van der Waals surface area contributed by atoms with E-state index in [1.807, 2.05) is 0 Å². The monoisotopic (exact) mass is 800 g/mol. The third-order valence-electron chi connectivity index (χ3n) is 17.5. The highest BCUT2D eigenvalue weighted by atomic mass is 16.8. The maximum atomic E-state index is 13.0. The van der Waals surface area contributed by atoms with Crippen molar-refractivity contribution in [3.63, 3.8) is 0 Å². The van der Waals surface area contributed by atoms with Crippen molar-refractivity contribution in [2.24, 2.45) is 50.7 Å². The van der Waals surface area contributed by atoms with Gasteiger partial charge in [0.05, 0.1) is 18.8 Å². The lowest BCUT2D eigenvalue weighted by Gasteiger charge is -2.65. The maximum Gasteiger partial charge on any atom is 0.343 e. The Kier molecular flexibility index (Phi) is 8.61. The summed E-state index contributed by atoms with van der Waals surface area (Å²) >= 11 is 0. The molecule has 4 heterocycles. The highest BCUT2D eigenvalue weighted by Crippen LogP contribution is 2.89. The van der Waals surface area contributed by atoms with Gasteiger partial charge in [0.1, 0.15) is 6.10 Å². The first-order valence-corrected chi connectivity index (χ1v) is 21.1. The molecule has 4 aliphatic heterocycles. The Morgan fingerprint density at radius 2 is 1.37 bits per heavy atom. The second kappa shape index (κ2) is 12.4. The summed E-state index contributed by atoms with van der Waals surface area (Å²) in [7, 11) is 0. The summed E-state index contributed by atoms with van der Waals surface area (Å²) in [6.07, 6.45) is 1.34. The number of hydrogen-bond acceptors (Lipinski definition) is 14. The smallest absolute Gasteiger partial charge is 0.343 e. The number of ether oxygens (including phenoxy) is 9. The Hall–Kier alpha value is -2.81. The predicted octanol–water partition coefficient (Wildman–Crippen LogP) is 4.95. The molecule has 0 aromatic rings. The van der Waals surface area contributed by atoms with Gasteiger partial charge in [-0.05, 0) is 97.2 Å². The second-order valence-corrected chi connectivity index (χ2v) is 20.5. The molecule has 14 nitrogen and oxygen atoms in total. The summed E-state index contributed by atoms with van der Waals surface area (Å²) in [5, 5.41) is 0. The Morgan fingerprint density at radius 1 is 0.719 bits per heavy atom. The predicted molar refractivity (Wildman–Crippen MR) is 195 cm³/mol. The second-order valence-electron chi connectivity index (χ2n) is 20.5. The lowest BCUT2D eigenvalue weighted by Crippen LogP contribution is -2.64. The molecule has 0 N–H and O–H groups in total. The molecule has 9 rings (SSSR count). The van der Waals surface area contributed by atoms with Gasteiger partial charge in [0.25, 0.3) is 0 Å². The minimum Gasteiger partial charge on any atom is -0.462 e. The average Bonchev–Trinajstić information content (AvgIpc) is 3.93. The molecule has 9 fully saturated rings. The van der Waals surface area contributed by atoms with Crippen molar-refractivity contribution in [2.45, 2.75) is 181 Å². The number of epoxide rings is 1. The van der Waals surface area contributed by atoms with Gasteiger partial charge in [-0.15, -0.1) is 0 Å². The summed E-state index contributed by atoms with van der Waals surface area (Å²) in [5.74, 6) is -2.61. The van der Waals surface area contributed by atoms with Crippen LogP contribution < -0.4 is 0 Å². The fourth-order valence-corrected chi connectivity index (χ4v) is 15.4. The summed E-state index contributed by atoms with van der Waals surface area (Å²) in [6, 6.07) is 0. The van der Waals surface area contributed by atoms with Gasteiger partial charge in [-0.3, -0.25) is 19.2 Å². The topological polar surface area (TPSA) is 172 Å². The highest BCUT2D eigenvalue weighted by Gasteiger charge is 2.87. The molecule has 3 spiro atoms. The minimum atomic E-state index is -1.15. The molecular weight excluding hydrogens is 740 g/mol. The van der Waals surface area contributed by atoms with Crippen LogP contribution in [-0.2, 0) is 66.6 Å². The van der Waals surface area contributed by atoms with E-state index < -0.39 is 60.0 Å². The molecule has 4 saturated heterocycles. The van der Waals surface area contributed by atoms with Crippen molar-refractivity contribution in [1.29, 1.82) is 0 Å². The van der Waals surface area contributed by atoms with Crippen LogP contribution in [0.4, 0.5) is 0 Å². The lowest BCUT2D eigenvalue weighted by molar-refractivity contribution is -0.309. The zero-order valence-corrected chi connectivity index (χ0v) is 35.0. The van der Waals surface area contributed by atoms with Crippen LogP contribution in [-0.4, -0.2) is 96.9 Å². The largest absolute Gasteiger partial charge is 0.462 e. The molecule has 0 bridgehead atoms. The van der Waals surface area contributed by atoms with Gasteiger partial charge in [0.2, 0.25) is 5.79 Å². The van der Waals surface area contributed by atoms with Gasteiger partial charge in [-0.1, -0.05) is 34.6 Å². The fraction of sp³-hybridized carbons (Fsp3) is 0.884. The van der Waals surface area contributed by atoms with Gasteiger partial charge in [0.15, 0.2) is 36.3 Å². The van der Waals surface area contributed by atoms with E-state index in [1.165, 1.54) is 27.7 Å². The van der Waals surface area contributed by atoms with E-state index in [1.54, 1.807) is 6.92 Å². The standard InChI is InChI=1S/C43H60O14/c1-20-15-43(35-40(10,56-35)36(48)57-43)55-25-16-38(8)28-12-11-27-37(6,7)29(13-14-41(27)19-42(28,41)17-30(51-22(3)45)39(38,9)31(20)25)54-34-33(53-24(5)47)32(52-23(4)46)26(18-49-34)50-21(2)44/h20,25-35H,11-19H2,1-10H3/t20-,25+,26-,27+,28+,29+,30-,31+,32+,33-,34+,35-,38+,39-,40+,41-,42+,43-/m1/s1. The van der Waals surface area contributed by atoms with Crippen LogP contribution in [0.1, 0.15) is 121 Å². The van der Waals surface area contributed by atoms with E-state index in [4.69, 9.17) is 42.6 Å². The first-order chi connectivity index (χ1) is 26.6. The maximum absolute atomic E-state index is 13.0. The van der Waals surface area contributed by atoms with Crippen LogP contribution in [0, 0.1) is 50.7 Å². The number of esters is 5. The van der Waals surface area contributed by atoms with Crippen molar-refractivity contribution in [2.75, 3.05) is 6.61 Å². The van der Waals surface area contributed by atoms with E-state index in [0.717, 1.165) is 44.9 Å². The Balaban J connectivity index is 0.998. The van der Waals surface area contributed by atoms with Crippen molar-refractivity contribution in [3.8, 4) is 0 Å². The summed E-state index contributed by atoms with van der Waals surface area (Å²) in [5.41, 5.74) is -1.90. The molecule has 5 saturated carbocycles. The molecule has 0 amide bonds. The quantitative estimate of drug-likeness (QED) is 0.153. The molecule has 9 aliphatic rings. The SMILES string of the molecule is CC(=O)O[C@@H]1[C@@H](OC(C)=O)[C@H](O[C@H]2CC[C@]34C[C@]35C[C@@H](OC(C)=O)[C@]3(C)[C@H]6[C@H](C)C[C@]7(OC(=O)[C@@]8(C)O[C@@H]78)O[C@H]6C[C@@]3(C)[C@@H]5CC[C@H]4C2(C)C)OC[C@H]1OC(C)=O. The fourth-order valence-electron chi connectivity index (χ4n) is 15.4. The molecule has 0 radical (unpaired) electrons. The van der Waals surface area contributed by atoms with Crippen LogP contribution >= 0.6 is 0 Å². The Morgan fingerprint density at radius 3 is 1.98 bits per heavy atom. The molecule has 316 valence electrons. The zero-order valence-electron chi connectivity index (χ0n) is 35.0. The van der Waals surface area contributed by atoms with Crippen LogP contribution in [0.15, 0.2) is 0 Å². The van der Waals surface area contributed by atoms with E-state index >= 15 is 0 Å². The van der Waals surface area contributed by atoms with Crippen LogP contribution in [0.25, 0.3) is 0 Å². The van der Waals surface area contributed by atoms with E-state index in [2.05, 4.69) is 34.6 Å². The van der Waals surface area contributed by atoms with Crippen molar-refractivity contribution < 1.29 is 66.6 Å². The average molecular weight is 801 g/mol. The number of fused-ring (bicyclic) bond motifs is 6. The number of rotatable bonds is 6. The van der Waals surface area contributed by atoms with Crippen molar-refractivity contribution in [3.05, 3.63) is 0 Å². The minimum absolute atomic E-state index is 0.0114. The highest BCUT2D eigenvalue weighted by molar-refractivity contribution is 5.86. The zero-order chi connectivity index (χ0) is 41.0. The summed E-state index contributed by atoms with van der Waals surface area (Å²) in [4.78, 5) is 62.5. The van der Waals surface area contributed by atoms with Crippen molar-refractivity contribution >= 4 is 29.8 Å². The van der Waals surface area contributed by atoms with Crippen LogP contribution in [0.5, 0.6) is 0 Å². The first-order valence-electron chi connectivity index (χ1n) is 21.1. The molecule has 0 unspecified atom stereocenters. The number of carbonyl (C=O) groups is 5. The summed E-state index contributed by atoms with van der Waals surface area (Å²) in [6.45, 7) is 18.5. The Labute approximate surface area is 334 Å². The number of carbonyl (C=O) groups excluding carboxylic acids is 5. The molecule has 0 aromatic carbocycles. The molecule has 14 heteroatoms. The van der Waals surface area contributed by atoms with Crippen LogP contribution in [0.3, 0.4) is 0 Å². The van der Waals surface area contributed by atoms with Crippen LogP contribution in [0.2, 0.25) is 0 Å².